The SMILES string of the molecule is COc1ccc(CCN(Cc2sccc2C)C(=O)CN(CCN2CCCC2)S(=O)(=O)c2ccc(F)cc2)cc1OC. The second-order valence-corrected chi connectivity index (χ2v) is 13.1. The van der Waals surface area contributed by atoms with Crippen LogP contribution in [0.4, 0.5) is 4.39 Å². The van der Waals surface area contributed by atoms with Gasteiger partial charge in [0.1, 0.15) is 5.82 Å². The lowest BCUT2D eigenvalue weighted by Gasteiger charge is -2.28. The quantitative estimate of drug-likeness (QED) is 0.269. The van der Waals surface area contributed by atoms with Crippen LogP contribution < -0.4 is 9.47 Å². The number of amides is 1. The molecule has 3 aromatic rings. The Labute approximate surface area is 246 Å². The Hall–Kier alpha value is -2.99. The number of methoxy groups -OCH3 is 2. The summed E-state index contributed by atoms with van der Waals surface area (Å²) in [7, 11) is -0.869. The molecule has 0 aliphatic carbocycles. The molecule has 4 rings (SSSR count). The van der Waals surface area contributed by atoms with E-state index in [0.717, 1.165) is 54.1 Å². The molecule has 41 heavy (non-hydrogen) atoms. The highest BCUT2D eigenvalue weighted by Gasteiger charge is 2.30. The van der Waals surface area contributed by atoms with Gasteiger partial charge in [0.25, 0.3) is 0 Å². The Morgan fingerprint density at radius 3 is 2.34 bits per heavy atom. The normalized spacial score (nSPS) is 14.0. The molecule has 1 fully saturated rings. The summed E-state index contributed by atoms with van der Waals surface area (Å²) in [6.07, 6.45) is 2.70. The van der Waals surface area contributed by atoms with E-state index >= 15 is 0 Å². The minimum absolute atomic E-state index is 0.0286. The van der Waals surface area contributed by atoms with E-state index in [1.807, 2.05) is 36.6 Å². The van der Waals surface area contributed by atoms with E-state index in [4.69, 9.17) is 9.47 Å². The molecule has 0 N–H and O–H groups in total. The first-order chi connectivity index (χ1) is 19.7. The molecule has 222 valence electrons. The van der Waals surface area contributed by atoms with Crippen LogP contribution in [-0.4, -0.2) is 81.9 Å². The summed E-state index contributed by atoms with van der Waals surface area (Å²) in [6.45, 7) is 5.00. The first-order valence-corrected chi connectivity index (χ1v) is 16.0. The summed E-state index contributed by atoms with van der Waals surface area (Å²) in [5.41, 5.74) is 2.05. The molecule has 0 radical (unpaired) electrons. The smallest absolute Gasteiger partial charge is 0.243 e. The van der Waals surface area contributed by atoms with Crippen LogP contribution in [0.15, 0.2) is 58.8 Å². The van der Waals surface area contributed by atoms with Crippen LogP contribution in [0.25, 0.3) is 0 Å². The molecule has 0 saturated carbocycles. The van der Waals surface area contributed by atoms with Crippen molar-refractivity contribution in [2.45, 2.75) is 37.6 Å². The molecule has 8 nitrogen and oxygen atoms in total. The van der Waals surface area contributed by atoms with Gasteiger partial charge in [0.2, 0.25) is 15.9 Å². The number of carbonyl (C=O) groups excluding carboxylic acids is 1. The Morgan fingerprint density at radius 1 is 1.00 bits per heavy atom. The number of sulfonamides is 1. The predicted octanol–water partition coefficient (Wildman–Crippen LogP) is 4.57. The van der Waals surface area contributed by atoms with Crippen LogP contribution in [-0.2, 0) is 27.8 Å². The standard InChI is InChI=1S/C30H38FN3O5S2/c1-23-13-19-40-29(23)21-33(16-12-24-6-11-27(38-2)28(20-24)39-3)30(35)22-34(18-17-32-14-4-5-15-32)41(36,37)26-9-7-25(31)8-10-26/h6-11,13,19-20H,4-5,12,14-18,21-22H2,1-3H3. The number of ether oxygens (including phenoxy) is 2. The van der Waals surface area contributed by atoms with Gasteiger partial charge in [0, 0.05) is 24.5 Å². The number of thiophene rings is 1. The zero-order chi connectivity index (χ0) is 29.4. The second kappa shape index (κ2) is 14.3. The van der Waals surface area contributed by atoms with E-state index in [0.29, 0.717) is 37.6 Å². The van der Waals surface area contributed by atoms with Crippen LogP contribution in [0.3, 0.4) is 0 Å². The molecular weight excluding hydrogens is 565 g/mol. The average molecular weight is 604 g/mol. The van der Waals surface area contributed by atoms with Crippen LogP contribution in [0.5, 0.6) is 11.5 Å². The van der Waals surface area contributed by atoms with Gasteiger partial charge in [-0.05, 0) is 98.2 Å². The van der Waals surface area contributed by atoms with E-state index in [1.165, 1.54) is 16.4 Å². The third kappa shape index (κ3) is 8.06. The number of aryl methyl sites for hydroxylation is 1. The fourth-order valence-electron chi connectivity index (χ4n) is 4.88. The monoisotopic (exact) mass is 603 g/mol. The zero-order valence-electron chi connectivity index (χ0n) is 23.8. The molecule has 2 aromatic carbocycles. The van der Waals surface area contributed by atoms with E-state index in [2.05, 4.69) is 4.90 Å². The van der Waals surface area contributed by atoms with Crippen molar-refractivity contribution in [2.75, 3.05) is 53.5 Å². The van der Waals surface area contributed by atoms with Crippen LogP contribution in [0.2, 0.25) is 0 Å². The van der Waals surface area contributed by atoms with Gasteiger partial charge in [0.05, 0.1) is 32.2 Å². The maximum absolute atomic E-state index is 13.9. The number of carbonyl (C=O) groups is 1. The molecule has 0 bridgehead atoms. The third-order valence-electron chi connectivity index (χ3n) is 7.40. The van der Waals surface area contributed by atoms with Crippen LogP contribution >= 0.6 is 11.3 Å². The van der Waals surface area contributed by atoms with Gasteiger partial charge in [-0.2, -0.15) is 4.31 Å². The lowest BCUT2D eigenvalue weighted by Crippen LogP contribution is -2.45. The van der Waals surface area contributed by atoms with Gasteiger partial charge in [-0.25, -0.2) is 12.8 Å². The van der Waals surface area contributed by atoms with E-state index < -0.39 is 15.8 Å². The highest BCUT2D eigenvalue weighted by Crippen LogP contribution is 2.28. The molecule has 0 unspecified atom stereocenters. The first-order valence-electron chi connectivity index (χ1n) is 13.7. The number of hydrogen-bond acceptors (Lipinski definition) is 7. The molecule has 1 aliphatic rings. The predicted molar refractivity (Wildman–Crippen MR) is 159 cm³/mol. The third-order valence-corrected chi connectivity index (χ3v) is 10.3. The molecule has 1 amide bonds. The summed E-state index contributed by atoms with van der Waals surface area (Å²) in [4.78, 5) is 18.8. The Bertz CT molecular complexity index is 1410. The summed E-state index contributed by atoms with van der Waals surface area (Å²) in [5, 5.41) is 1.99. The van der Waals surface area contributed by atoms with Crippen molar-refractivity contribution in [3.8, 4) is 11.5 Å². The summed E-state index contributed by atoms with van der Waals surface area (Å²) >= 11 is 1.57. The minimum atomic E-state index is -4.03. The Kier molecular flexibility index (Phi) is 10.8. The molecule has 0 spiro atoms. The van der Waals surface area contributed by atoms with Crippen molar-refractivity contribution < 1.29 is 27.1 Å². The van der Waals surface area contributed by atoms with Gasteiger partial charge < -0.3 is 19.3 Å². The number of hydrogen-bond donors (Lipinski definition) is 0. The van der Waals surface area contributed by atoms with Crippen molar-refractivity contribution in [3.63, 3.8) is 0 Å². The fourth-order valence-corrected chi connectivity index (χ4v) is 7.18. The van der Waals surface area contributed by atoms with E-state index in [9.17, 15) is 17.6 Å². The number of benzene rings is 2. The maximum Gasteiger partial charge on any atom is 0.243 e. The van der Waals surface area contributed by atoms with Crippen molar-refractivity contribution in [2.24, 2.45) is 0 Å². The zero-order valence-corrected chi connectivity index (χ0v) is 25.5. The van der Waals surface area contributed by atoms with Crippen molar-refractivity contribution in [1.82, 2.24) is 14.1 Å². The van der Waals surface area contributed by atoms with Crippen LogP contribution in [0.1, 0.15) is 28.8 Å². The van der Waals surface area contributed by atoms with Gasteiger partial charge in [-0.3, -0.25) is 4.79 Å². The molecule has 11 heteroatoms. The summed E-state index contributed by atoms with van der Waals surface area (Å²) in [5.74, 6) is 0.426. The minimum Gasteiger partial charge on any atom is -0.493 e. The Balaban J connectivity index is 1.56. The molecular formula is C30H38FN3O5S2. The van der Waals surface area contributed by atoms with Crippen molar-refractivity contribution in [3.05, 3.63) is 75.7 Å². The van der Waals surface area contributed by atoms with Gasteiger partial charge in [0.15, 0.2) is 11.5 Å². The highest BCUT2D eigenvalue weighted by atomic mass is 32.2. The van der Waals surface area contributed by atoms with Gasteiger partial charge >= 0.3 is 0 Å². The largest absolute Gasteiger partial charge is 0.493 e. The second-order valence-electron chi connectivity index (χ2n) is 10.1. The van der Waals surface area contributed by atoms with Gasteiger partial charge in [-0.15, -0.1) is 11.3 Å². The first kappa shape index (κ1) is 31.0. The van der Waals surface area contributed by atoms with E-state index in [1.54, 1.807) is 30.5 Å². The highest BCUT2D eigenvalue weighted by molar-refractivity contribution is 7.89. The molecule has 1 aliphatic heterocycles. The molecule has 1 saturated heterocycles. The van der Waals surface area contributed by atoms with Crippen molar-refractivity contribution in [1.29, 1.82) is 0 Å². The molecule has 0 atom stereocenters. The fraction of sp³-hybridized carbons (Fsp3) is 0.433. The lowest BCUT2D eigenvalue weighted by molar-refractivity contribution is -0.132. The van der Waals surface area contributed by atoms with Crippen molar-refractivity contribution >= 4 is 27.3 Å². The molecule has 1 aromatic heterocycles. The number of likely N-dealkylation sites (tertiary alicyclic amines) is 1. The average Bonchev–Trinajstić information content (AvgIpc) is 3.64. The number of halogens is 1. The maximum atomic E-state index is 13.9. The number of nitrogens with zero attached hydrogens (tertiary/aromatic N) is 3. The summed E-state index contributed by atoms with van der Waals surface area (Å²) < 4.78 is 53.0. The number of rotatable bonds is 14. The van der Waals surface area contributed by atoms with Crippen LogP contribution in [0, 0.1) is 12.7 Å². The lowest BCUT2D eigenvalue weighted by atomic mass is 10.1. The van der Waals surface area contributed by atoms with Gasteiger partial charge in [-0.1, -0.05) is 6.07 Å². The Morgan fingerprint density at radius 2 is 1.71 bits per heavy atom. The molecule has 2 heterocycles. The van der Waals surface area contributed by atoms with E-state index in [-0.39, 0.29) is 23.9 Å². The summed E-state index contributed by atoms with van der Waals surface area (Å²) in [6, 6.07) is 12.4. The topological polar surface area (TPSA) is 79.4 Å².